The molecule has 1 aliphatic rings. The van der Waals surface area contributed by atoms with E-state index < -0.39 is 0 Å². The van der Waals surface area contributed by atoms with Crippen molar-refractivity contribution in [1.82, 2.24) is 10.2 Å². The first-order valence-corrected chi connectivity index (χ1v) is 7.32. The topological polar surface area (TPSA) is 15.3 Å². The van der Waals surface area contributed by atoms with Crippen LogP contribution in [0.3, 0.4) is 0 Å². The summed E-state index contributed by atoms with van der Waals surface area (Å²) in [6.07, 6.45) is 2.59. The standard InChI is InChI=1S/C15H32N2/c1-7-13-10-16-14(15(4,5)6)11-17(13)9-8-12(2)3/h12-14,16H,7-11H2,1-6H3. The quantitative estimate of drug-likeness (QED) is 0.812. The minimum atomic E-state index is 0.370. The summed E-state index contributed by atoms with van der Waals surface area (Å²) >= 11 is 0. The summed E-state index contributed by atoms with van der Waals surface area (Å²) in [5.41, 5.74) is 0.370. The van der Waals surface area contributed by atoms with Crippen LogP contribution in [0.4, 0.5) is 0 Å². The second kappa shape index (κ2) is 6.19. The Kier molecular flexibility index (Phi) is 5.46. The van der Waals surface area contributed by atoms with Gasteiger partial charge >= 0.3 is 0 Å². The summed E-state index contributed by atoms with van der Waals surface area (Å²) in [6, 6.07) is 1.38. The molecule has 1 N–H and O–H groups in total. The van der Waals surface area contributed by atoms with Crippen molar-refractivity contribution in [2.45, 2.75) is 66.5 Å². The van der Waals surface area contributed by atoms with Crippen molar-refractivity contribution in [3.63, 3.8) is 0 Å². The van der Waals surface area contributed by atoms with Gasteiger partial charge in [0.15, 0.2) is 0 Å². The summed E-state index contributed by atoms with van der Waals surface area (Å²) in [7, 11) is 0. The number of nitrogens with zero attached hydrogens (tertiary/aromatic N) is 1. The second-order valence-electron chi connectivity index (χ2n) is 7.07. The zero-order valence-electron chi connectivity index (χ0n) is 12.7. The monoisotopic (exact) mass is 240 g/mol. The molecule has 1 rings (SSSR count). The molecule has 2 unspecified atom stereocenters. The maximum absolute atomic E-state index is 3.74. The fraction of sp³-hybridized carbons (Fsp3) is 1.00. The smallest absolute Gasteiger partial charge is 0.0244 e. The fourth-order valence-electron chi connectivity index (χ4n) is 2.54. The van der Waals surface area contributed by atoms with Gasteiger partial charge in [0.2, 0.25) is 0 Å². The Morgan fingerprint density at radius 1 is 1.29 bits per heavy atom. The molecule has 1 fully saturated rings. The van der Waals surface area contributed by atoms with Crippen LogP contribution in [0.2, 0.25) is 0 Å². The van der Waals surface area contributed by atoms with Gasteiger partial charge in [-0.3, -0.25) is 4.90 Å². The molecule has 0 spiro atoms. The lowest BCUT2D eigenvalue weighted by Crippen LogP contribution is -2.60. The lowest BCUT2D eigenvalue weighted by molar-refractivity contribution is 0.0797. The van der Waals surface area contributed by atoms with Gasteiger partial charge in [-0.1, -0.05) is 41.5 Å². The molecule has 102 valence electrons. The van der Waals surface area contributed by atoms with Crippen LogP contribution in [-0.2, 0) is 0 Å². The lowest BCUT2D eigenvalue weighted by atomic mass is 9.84. The molecular formula is C15H32N2. The molecule has 0 radical (unpaired) electrons. The number of piperazine rings is 1. The molecule has 0 aromatic rings. The van der Waals surface area contributed by atoms with E-state index in [-0.39, 0.29) is 0 Å². The Bertz CT molecular complexity index is 217. The third-order valence-corrected chi connectivity index (χ3v) is 4.04. The molecule has 0 aromatic heterocycles. The van der Waals surface area contributed by atoms with E-state index in [0.717, 1.165) is 18.5 Å². The Hall–Kier alpha value is -0.0800. The molecule has 0 saturated carbocycles. The third-order valence-electron chi connectivity index (χ3n) is 4.04. The molecule has 0 amide bonds. The molecule has 1 heterocycles. The molecule has 0 bridgehead atoms. The maximum atomic E-state index is 3.74. The highest BCUT2D eigenvalue weighted by Crippen LogP contribution is 2.24. The van der Waals surface area contributed by atoms with E-state index in [1.165, 1.54) is 25.9 Å². The van der Waals surface area contributed by atoms with Gasteiger partial charge in [0.1, 0.15) is 0 Å². The van der Waals surface area contributed by atoms with Crippen molar-refractivity contribution < 1.29 is 0 Å². The van der Waals surface area contributed by atoms with Crippen LogP contribution in [0.1, 0.15) is 54.4 Å². The average Bonchev–Trinajstić information content (AvgIpc) is 2.24. The van der Waals surface area contributed by atoms with Crippen molar-refractivity contribution >= 4 is 0 Å². The van der Waals surface area contributed by atoms with Crippen molar-refractivity contribution in [2.24, 2.45) is 11.3 Å². The first kappa shape index (κ1) is 15.0. The van der Waals surface area contributed by atoms with Crippen LogP contribution in [0.25, 0.3) is 0 Å². The van der Waals surface area contributed by atoms with E-state index in [2.05, 4.69) is 51.8 Å². The third kappa shape index (κ3) is 4.59. The Labute approximate surface area is 108 Å². The summed E-state index contributed by atoms with van der Waals surface area (Å²) in [5, 5.41) is 3.74. The van der Waals surface area contributed by atoms with Crippen LogP contribution in [0.5, 0.6) is 0 Å². The highest BCUT2D eigenvalue weighted by molar-refractivity contribution is 4.91. The number of hydrogen-bond donors (Lipinski definition) is 1. The van der Waals surface area contributed by atoms with Gasteiger partial charge in [-0.2, -0.15) is 0 Å². The Morgan fingerprint density at radius 3 is 2.41 bits per heavy atom. The van der Waals surface area contributed by atoms with Gasteiger partial charge in [0, 0.05) is 25.2 Å². The van der Waals surface area contributed by atoms with Crippen LogP contribution in [0.15, 0.2) is 0 Å². The van der Waals surface area contributed by atoms with E-state index >= 15 is 0 Å². The van der Waals surface area contributed by atoms with E-state index in [9.17, 15) is 0 Å². The summed E-state index contributed by atoms with van der Waals surface area (Å²) in [6.45, 7) is 17.6. The summed E-state index contributed by atoms with van der Waals surface area (Å²) in [5.74, 6) is 0.815. The van der Waals surface area contributed by atoms with Gasteiger partial charge in [0.25, 0.3) is 0 Å². The van der Waals surface area contributed by atoms with Crippen molar-refractivity contribution in [1.29, 1.82) is 0 Å². The predicted octanol–water partition coefficient (Wildman–Crippen LogP) is 3.13. The lowest BCUT2D eigenvalue weighted by Gasteiger charge is -2.45. The largest absolute Gasteiger partial charge is 0.311 e. The average molecular weight is 240 g/mol. The number of rotatable bonds is 4. The number of hydrogen-bond acceptors (Lipinski definition) is 2. The first-order chi connectivity index (χ1) is 7.84. The van der Waals surface area contributed by atoms with Crippen LogP contribution >= 0.6 is 0 Å². The first-order valence-electron chi connectivity index (χ1n) is 7.32. The van der Waals surface area contributed by atoms with Gasteiger partial charge in [-0.05, 0) is 30.7 Å². The Balaban J connectivity index is 2.55. The van der Waals surface area contributed by atoms with Crippen molar-refractivity contribution in [2.75, 3.05) is 19.6 Å². The van der Waals surface area contributed by atoms with Gasteiger partial charge in [-0.15, -0.1) is 0 Å². The molecular weight excluding hydrogens is 208 g/mol. The van der Waals surface area contributed by atoms with Gasteiger partial charge in [0.05, 0.1) is 0 Å². The summed E-state index contributed by atoms with van der Waals surface area (Å²) < 4.78 is 0. The molecule has 17 heavy (non-hydrogen) atoms. The van der Waals surface area contributed by atoms with E-state index in [1.54, 1.807) is 0 Å². The van der Waals surface area contributed by atoms with E-state index in [4.69, 9.17) is 0 Å². The second-order valence-corrected chi connectivity index (χ2v) is 7.07. The van der Waals surface area contributed by atoms with Crippen LogP contribution in [-0.4, -0.2) is 36.6 Å². The molecule has 2 nitrogen and oxygen atoms in total. The molecule has 2 atom stereocenters. The zero-order chi connectivity index (χ0) is 13.1. The van der Waals surface area contributed by atoms with Crippen LogP contribution < -0.4 is 5.32 Å². The highest BCUT2D eigenvalue weighted by atomic mass is 15.2. The highest BCUT2D eigenvalue weighted by Gasteiger charge is 2.32. The number of nitrogens with one attached hydrogen (secondary N) is 1. The minimum absolute atomic E-state index is 0.370. The molecule has 0 aromatic carbocycles. The van der Waals surface area contributed by atoms with E-state index in [1.807, 2.05) is 0 Å². The van der Waals surface area contributed by atoms with Crippen molar-refractivity contribution in [3.8, 4) is 0 Å². The maximum Gasteiger partial charge on any atom is 0.0244 e. The zero-order valence-corrected chi connectivity index (χ0v) is 12.7. The molecule has 1 saturated heterocycles. The van der Waals surface area contributed by atoms with Gasteiger partial charge in [-0.25, -0.2) is 0 Å². The summed E-state index contributed by atoms with van der Waals surface area (Å²) in [4.78, 5) is 2.71. The molecule has 0 aliphatic carbocycles. The van der Waals surface area contributed by atoms with Crippen molar-refractivity contribution in [3.05, 3.63) is 0 Å². The Morgan fingerprint density at radius 2 is 1.94 bits per heavy atom. The van der Waals surface area contributed by atoms with Gasteiger partial charge < -0.3 is 5.32 Å². The van der Waals surface area contributed by atoms with E-state index in [0.29, 0.717) is 11.5 Å². The molecule has 2 heteroatoms. The minimum Gasteiger partial charge on any atom is -0.311 e. The normalized spacial score (nSPS) is 27.7. The SMILES string of the molecule is CCC1CNC(C(C)(C)C)CN1CCC(C)C. The predicted molar refractivity (Wildman–Crippen MR) is 76.4 cm³/mol. The molecule has 1 aliphatic heterocycles. The van der Waals surface area contributed by atoms with Crippen LogP contribution in [0, 0.1) is 11.3 Å². The fourth-order valence-corrected chi connectivity index (χ4v) is 2.54.